The van der Waals surface area contributed by atoms with Crippen LogP contribution in [-0.2, 0) is 0 Å². The number of hydrogen-bond donors (Lipinski definition) is 1. The summed E-state index contributed by atoms with van der Waals surface area (Å²) < 4.78 is 13.5. The zero-order valence-corrected chi connectivity index (χ0v) is 9.77. The number of nitrogens with zero attached hydrogens (tertiary/aromatic N) is 1. The van der Waals surface area contributed by atoms with Crippen LogP contribution in [0.4, 0.5) is 10.1 Å². The van der Waals surface area contributed by atoms with Crippen molar-refractivity contribution in [2.45, 2.75) is 19.4 Å². The van der Waals surface area contributed by atoms with Crippen molar-refractivity contribution in [1.82, 2.24) is 0 Å². The first kappa shape index (κ1) is 12.0. The summed E-state index contributed by atoms with van der Waals surface area (Å²) in [6.07, 6.45) is 1.49. The highest BCUT2D eigenvalue weighted by Gasteiger charge is 2.32. The maximum absolute atomic E-state index is 13.5. The standard InChI is InChI=1S/C13H16FNO2/c1-9-5-6-15(13(9)8-17)12-4-2-3-11(14)10(12)7-16/h2-4,7,9,13,17H,5-6,8H2,1H3. The van der Waals surface area contributed by atoms with Crippen LogP contribution in [0.25, 0.3) is 0 Å². The number of anilines is 1. The fourth-order valence-corrected chi connectivity index (χ4v) is 2.48. The van der Waals surface area contributed by atoms with Gasteiger partial charge in [0.15, 0.2) is 6.29 Å². The third-order valence-electron chi connectivity index (χ3n) is 3.53. The van der Waals surface area contributed by atoms with Gasteiger partial charge >= 0.3 is 0 Å². The molecule has 0 radical (unpaired) electrons. The van der Waals surface area contributed by atoms with E-state index in [1.165, 1.54) is 6.07 Å². The molecule has 0 amide bonds. The smallest absolute Gasteiger partial charge is 0.155 e. The molecule has 0 aliphatic carbocycles. The minimum atomic E-state index is -0.506. The van der Waals surface area contributed by atoms with Gasteiger partial charge in [-0.25, -0.2) is 4.39 Å². The van der Waals surface area contributed by atoms with Crippen molar-refractivity contribution < 1.29 is 14.3 Å². The van der Waals surface area contributed by atoms with Crippen LogP contribution in [0.1, 0.15) is 23.7 Å². The summed E-state index contributed by atoms with van der Waals surface area (Å²) >= 11 is 0. The minimum Gasteiger partial charge on any atom is -0.394 e. The van der Waals surface area contributed by atoms with Crippen molar-refractivity contribution in [3.8, 4) is 0 Å². The average molecular weight is 237 g/mol. The lowest BCUT2D eigenvalue weighted by Gasteiger charge is -2.28. The summed E-state index contributed by atoms with van der Waals surface area (Å²) in [5.41, 5.74) is 0.670. The van der Waals surface area contributed by atoms with Crippen molar-refractivity contribution in [3.05, 3.63) is 29.6 Å². The SMILES string of the molecule is CC1CCN(c2cccc(F)c2C=O)C1CO. The van der Waals surface area contributed by atoms with E-state index in [4.69, 9.17) is 0 Å². The first-order valence-electron chi connectivity index (χ1n) is 5.80. The quantitative estimate of drug-likeness (QED) is 0.815. The van der Waals surface area contributed by atoms with Gasteiger partial charge in [-0.3, -0.25) is 4.79 Å². The molecule has 2 unspecified atom stereocenters. The molecule has 1 aliphatic heterocycles. The van der Waals surface area contributed by atoms with Gasteiger partial charge in [-0.2, -0.15) is 0 Å². The van der Waals surface area contributed by atoms with Crippen LogP contribution in [0.2, 0.25) is 0 Å². The molecule has 1 heterocycles. The summed E-state index contributed by atoms with van der Waals surface area (Å²) in [6, 6.07) is 4.57. The van der Waals surface area contributed by atoms with Crippen LogP contribution < -0.4 is 4.90 Å². The Labute approximate surface area is 99.9 Å². The maximum atomic E-state index is 13.5. The van der Waals surface area contributed by atoms with Crippen LogP contribution in [0, 0.1) is 11.7 Å². The lowest BCUT2D eigenvalue weighted by Crippen LogP contribution is -2.35. The van der Waals surface area contributed by atoms with Crippen LogP contribution in [0.5, 0.6) is 0 Å². The van der Waals surface area contributed by atoms with E-state index in [1.807, 2.05) is 4.90 Å². The maximum Gasteiger partial charge on any atom is 0.155 e. The fraction of sp³-hybridized carbons (Fsp3) is 0.462. The lowest BCUT2D eigenvalue weighted by atomic mass is 10.0. The largest absolute Gasteiger partial charge is 0.394 e. The zero-order chi connectivity index (χ0) is 12.4. The number of aliphatic hydroxyl groups excluding tert-OH is 1. The third-order valence-corrected chi connectivity index (χ3v) is 3.53. The number of carbonyl (C=O) groups excluding carboxylic acids is 1. The number of benzene rings is 1. The molecule has 1 saturated heterocycles. The number of hydrogen-bond acceptors (Lipinski definition) is 3. The van der Waals surface area contributed by atoms with Gasteiger partial charge in [0.1, 0.15) is 5.82 Å². The molecule has 0 bridgehead atoms. The molecular formula is C13H16FNO2. The van der Waals surface area contributed by atoms with Crippen LogP contribution in [0.3, 0.4) is 0 Å². The Balaban J connectivity index is 2.40. The number of aldehydes is 1. The zero-order valence-electron chi connectivity index (χ0n) is 9.77. The average Bonchev–Trinajstić information content (AvgIpc) is 2.69. The summed E-state index contributed by atoms with van der Waals surface area (Å²) in [6.45, 7) is 2.83. The molecule has 4 heteroatoms. The van der Waals surface area contributed by atoms with E-state index in [2.05, 4.69) is 6.92 Å². The first-order chi connectivity index (χ1) is 8.19. The van der Waals surface area contributed by atoms with Gasteiger partial charge in [0.25, 0.3) is 0 Å². The van der Waals surface area contributed by atoms with Gasteiger partial charge in [-0.15, -0.1) is 0 Å². The van der Waals surface area contributed by atoms with E-state index in [0.29, 0.717) is 17.9 Å². The predicted octanol–water partition coefficient (Wildman–Crippen LogP) is 1.85. The number of halogens is 1. The fourth-order valence-electron chi connectivity index (χ4n) is 2.48. The topological polar surface area (TPSA) is 40.5 Å². The summed E-state index contributed by atoms with van der Waals surface area (Å²) in [5, 5.41) is 9.38. The monoisotopic (exact) mass is 237 g/mol. The Morgan fingerprint density at radius 1 is 1.59 bits per heavy atom. The van der Waals surface area contributed by atoms with E-state index in [0.717, 1.165) is 13.0 Å². The Morgan fingerprint density at radius 2 is 2.35 bits per heavy atom. The Bertz CT molecular complexity index is 422. The van der Waals surface area contributed by atoms with Gasteiger partial charge in [0, 0.05) is 6.54 Å². The highest BCUT2D eigenvalue weighted by Crippen LogP contribution is 2.32. The molecule has 1 aromatic carbocycles. The first-order valence-corrected chi connectivity index (χ1v) is 5.80. The Hall–Kier alpha value is -1.42. The normalized spacial score (nSPS) is 24.1. The summed E-state index contributed by atoms with van der Waals surface area (Å²) in [7, 11) is 0. The van der Waals surface area contributed by atoms with Gasteiger partial charge in [0.05, 0.1) is 23.9 Å². The number of aliphatic hydroxyl groups is 1. The Kier molecular flexibility index (Phi) is 3.43. The van der Waals surface area contributed by atoms with Crippen LogP contribution in [-0.4, -0.2) is 30.6 Å². The van der Waals surface area contributed by atoms with Crippen molar-refractivity contribution in [2.24, 2.45) is 5.92 Å². The van der Waals surface area contributed by atoms with Gasteiger partial charge < -0.3 is 10.0 Å². The van der Waals surface area contributed by atoms with Crippen LogP contribution in [0.15, 0.2) is 18.2 Å². The van der Waals surface area contributed by atoms with Crippen molar-refractivity contribution in [1.29, 1.82) is 0 Å². The predicted molar refractivity (Wildman–Crippen MR) is 63.8 cm³/mol. The van der Waals surface area contributed by atoms with E-state index < -0.39 is 5.82 Å². The van der Waals surface area contributed by atoms with E-state index in [1.54, 1.807) is 12.1 Å². The molecule has 3 nitrogen and oxygen atoms in total. The van der Waals surface area contributed by atoms with Gasteiger partial charge in [-0.1, -0.05) is 13.0 Å². The second kappa shape index (κ2) is 4.84. The van der Waals surface area contributed by atoms with Crippen molar-refractivity contribution in [2.75, 3.05) is 18.1 Å². The van der Waals surface area contributed by atoms with Crippen molar-refractivity contribution in [3.63, 3.8) is 0 Å². The second-order valence-electron chi connectivity index (χ2n) is 4.50. The molecule has 1 N–H and O–H groups in total. The molecule has 2 rings (SSSR count). The second-order valence-corrected chi connectivity index (χ2v) is 4.50. The molecule has 0 saturated carbocycles. The van der Waals surface area contributed by atoms with E-state index in [9.17, 15) is 14.3 Å². The number of carbonyl (C=O) groups is 1. The molecule has 92 valence electrons. The molecular weight excluding hydrogens is 221 g/mol. The molecule has 0 spiro atoms. The van der Waals surface area contributed by atoms with Crippen molar-refractivity contribution >= 4 is 12.0 Å². The molecule has 1 aliphatic rings. The molecule has 2 atom stereocenters. The van der Waals surface area contributed by atoms with E-state index in [-0.39, 0.29) is 18.2 Å². The minimum absolute atomic E-state index is 0.0238. The highest BCUT2D eigenvalue weighted by atomic mass is 19.1. The lowest BCUT2D eigenvalue weighted by molar-refractivity contribution is 0.112. The Morgan fingerprint density at radius 3 is 3.00 bits per heavy atom. The van der Waals surface area contributed by atoms with Crippen LogP contribution >= 0.6 is 0 Å². The number of rotatable bonds is 3. The summed E-state index contributed by atoms with van der Waals surface area (Å²) in [5.74, 6) is -0.156. The van der Waals surface area contributed by atoms with Gasteiger partial charge in [0.2, 0.25) is 0 Å². The molecule has 1 aromatic rings. The third kappa shape index (κ3) is 2.05. The highest BCUT2D eigenvalue weighted by molar-refractivity contribution is 5.85. The van der Waals surface area contributed by atoms with E-state index >= 15 is 0 Å². The molecule has 1 fully saturated rings. The van der Waals surface area contributed by atoms with Gasteiger partial charge in [-0.05, 0) is 24.5 Å². The molecule has 17 heavy (non-hydrogen) atoms. The molecule has 0 aromatic heterocycles. The summed E-state index contributed by atoms with van der Waals surface area (Å²) in [4.78, 5) is 12.9.